The molecule has 1 aromatic heterocycles. The first-order valence-corrected chi connectivity index (χ1v) is 41.9. The molecular formula is C72H88ClF4N8O11PS4. The summed E-state index contributed by atoms with van der Waals surface area (Å²) in [6.45, 7) is 8.56. The van der Waals surface area contributed by atoms with E-state index in [9.17, 15) is 47.8 Å². The van der Waals surface area contributed by atoms with Crippen molar-refractivity contribution in [2.24, 2.45) is 11.7 Å². The monoisotopic (exact) mass is 1510 g/mol. The number of carbonyl (C=O) groups is 1. The van der Waals surface area contributed by atoms with Crippen LogP contribution in [0.1, 0.15) is 94.9 Å². The zero-order valence-corrected chi connectivity index (χ0v) is 61.7. The molecule has 6 aromatic carbocycles. The van der Waals surface area contributed by atoms with Crippen LogP contribution in [0.2, 0.25) is 5.02 Å². The molecule has 0 amide bonds. The topological polar surface area (TPSA) is 263 Å². The molecule has 19 nitrogen and oxygen atoms in total. The SMILES string of the molecule is Cc1c(S(C)(=O)=O)c(-c2cc(F)cc(N3CCN(c4ccc(NS(=O)(=O)c5ccc(NC(CCN6CCC(C(=O)OCCCP(=O)(O)O)CC6)CSc6ccccc6)c(S(=O)(=O)C(F)(F)F)c5)cc4)CC3)c2)c(-c2ccc(Cl)cc2)n1C(C)C.NC1CCC(NC2CC2c2ccccc2)CC1. The fourth-order valence-corrected chi connectivity index (χ4v) is 18.6. The molecule has 0 radical (unpaired) electrons. The molecule has 7 N–H and O–H groups in total. The van der Waals surface area contributed by atoms with Crippen molar-refractivity contribution < 1.29 is 66.7 Å². The number of esters is 1. The molecule has 29 heteroatoms. The van der Waals surface area contributed by atoms with E-state index >= 15 is 4.39 Å². The van der Waals surface area contributed by atoms with Crippen LogP contribution in [0.25, 0.3) is 22.4 Å². The third kappa shape index (κ3) is 20.3. The number of halogens is 5. The van der Waals surface area contributed by atoms with E-state index in [2.05, 4.69) is 50.6 Å². The van der Waals surface area contributed by atoms with Gasteiger partial charge in [-0.15, -0.1) is 11.8 Å². The number of benzene rings is 6. The van der Waals surface area contributed by atoms with Gasteiger partial charge in [-0.2, -0.15) is 13.2 Å². The van der Waals surface area contributed by atoms with Gasteiger partial charge in [-0.3, -0.25) is 14.1 Å². The Morgan fingerprint density at radius 3 is 2.00 bits per heavy atom. The van der Waals surface area contributed by atoms with Crippen molar-refractivity contribution in [3.05, 3.63) is 168 Å². The molecule has 0 bridgehead atoms. The molecule has 7 aromatic rings. The minimum Gasteiger partial charge on any atom is -0.465 e. The molecule has 546 valence electrons. The van der Waals surface area contributed by atoms with E-state index in [1.54, 1.807) is 49.4 Å². The number of anilines is 4. The summed E-state index contributed by atoms with van der Waals surface area (Å²) in [5.74, 6) is -0.438. The number of sulfonamides is 1. The molecule has 2 saturated heterocycles. The lowest BCUT2D eigenvalue weighted by molar-refractivity contribution is -0.150. The number of rotatable bonds is 26. The van der Waals surface area contributed by atoms with Gasteiger partial charge >= 0.3 is 19.1 Å². The van der Waals surface area contributed by atoms with Crippen LogP contribution in [0.5, 0.6) is 0 Å². The van der Waals surface area contributed by atoms with E-state index in [1.807, 2.05) is 58.5 Å². The Morgan fingerprint density at radius 2 is 1.40 bits per heavy atom. The second kappa shape index (κ2) is 33.1. The fourth-order valence-electron chi connectivity index (χ4n) is 13.6. The summed E-state index contributed by atoms with van der Waals surface area (Å²) in [7, 11) is -18.9. The van der Waals surface area contributed by atoms with Gasteiger partial charge in [0.2, 0.25) is 0 Å². The summed E-state index contributed by atoms with van der Waals surface area (Å²) in [6, 6.07) is 41.4. The van der Waals surface area contributed by atoms with E-state index < -0.39 is 88.2 Å². The number of hydrogen-bond donors (Lipinski definition) is 6. The van der Waals surface area contributed by atoms with Crippen LogP contribution in [0.3, 0.4) is 0 Å². The molecule has 3 atom stereocenters. The van der Waals surface area contributed by atoms with Gasteiger partial charge < -0.3 is 50.2 Å². The van der Waals surface area contributed by atoms with E-state index in [4.69, 9.17) is 31.9 Å². The maximum absolute atomic E-state index is 15.8. The quantitative estimate of drug-likeness (QED) is 0.00967. The highest BCUT2D eigenvalue weighted by Crippen LogP contribution is 2.46. The highest BCUT2D eigenvalue weighted by Gasteiger charge is 2.49. The molecule has 4 fully saturated rings. The number of alkyl halides is 3. The van der Waals surface area contributed by atoms with E-state index in [0.29, 0.717) is 128 Å². The molecule has 0 spiro atoms. The first-order chi connectivity index (χ1) is 47.8. The number of nitrogens with zero attached hydrogens (tertiary/aromatic N) is 4. The van der Waals surface area contributed by atoms with Gasteiger partial charge in [0, 0.05) is 119 Å². The van der Waals surface area contributed by atoms with Gasteiger partial charge in [0.1, 0.15) is 10.7 Å². The number of piperazine rings is 1. The second-order valence-corrected chi connectivity index (χ2v) is 35.6. The van der Waals surface area contributed by atoms with Crippen LogP contribution in [-0.4, -0.2) is 151 Å². The average Bonchev–Trinajstić information content (AvgIpc) is 1.63. The first kappa shape index (κ1) is 77.1. The number of aromatic nitrogens is 1. The zero-order chi connectivity index (χ0) is 72.6. The highest BCUT2D eigenvalue weighted by molar-refractivity contribution is 7.99. The fraction of sp³-hybridized carbons (Fsp3) is 0.431. The molecule has 3 unspecified atom stereocenters. The Balaban J connectivity index is 0.000000558. The van der Waals surface area contributed by atoms with Crippen molar-refractivity contribution in [3.63, 3.8) is 0 Å². The third-order valence-electron chi connectivity index (χ3n) is 18.9. The van der Waals surface area contributed by atoms with E-state index in [-0.39, 0.29) is 35.4 Å². The van der Waals surface area contributed by atoms with Crippen molar-refractivity contribution in [2.45, 2.75) is 140 Å². The van der Waals surface area contributed by atoms with Gasteiger partial charge in [-0.25, -0.2) is 29.6 Å². The lowest BCUT2D eigenvalue weighted by atomic mass is 9.92. The molecule has 4 aliphatic rings. The van der Waals surface area contributed by atoms with Crippen molar-refractivity contribution in [3.8, 4) is 22.4 Å². The van der Waals surface area contributed by atoms with Crippen molar-refractivity contribution >= 4 is 89.4 Å². The minimum atomic E-state index is -6.13. The van der Waals surface area contributed by atoms with Gasteiger partial charge in [0.25, 0.3) is 19.9 Å². The second-order valence-electron chi connectivity index (χ2n) is 26.7. The number of piperidine rings is 1. The summed E-state index contributed by atoms with van der Waals surface area (Å²) < 4.78 is 161. The van der Waals surface area contributed by atoms with Gasteiger partial charge in [0.05, 0.1) is 39.9 Å². The van der Waals surface area contributed by atoms with Crippen LogP contribution >= 0.6 is 31.0 Å². The lowest BCUT2D eigenvalue weighted by Gasteiger charge is -2.37. The van der Waals surface area contributed by atoms with Crippen molar-refractivity contribution in [1.82, 2.24) is 14.8 Å². The number of nitrogens with two attached hydrogens (primary N) is 1. The Morgan fingerprint density at radius 1 is 0.772 bits per heavy atom. The largest absolute Gasteiger partial charge is 0.501 e. The Hall–Kier alpha value is -6.49. The number of nitrogens with one attached hydrogen (secondary N) is 3. The third-order valence-corrected chi connectivity index (χ3v) is 25.4. The highest BCUT2D eigenvalue weighted by atomic mass is 35.5. The molecule has 11 rings (SSSR count). The normalized spacial score (nSPS) is 19.1. The summed E-state index contributed by atoms with van der Waals surface area (Å²) in [4.78, 5) is 35.8. The average molecular weight is 1510 g/mol. The maximum Gasteiger partial charge on any atom is 0.501 e. The number of likely N-dealkylation sites (tertiary alicyclic amines) is 1. The summed E-state index contributed by atoms with van der Waals surface area (Å²) in [6.07, 6.45) is 8.14. The van der Waals surface area contributed by atoms with Gasteiger partial charge in [0.15, 0.2) is 9.84 Å². The molecule has 101 heavy (non-hydrogen) atoms. The van der Waals surface area contributed by atoms with Crippen LogP contribution in [0, 0.1) is 18.7 Å². The summed E-state index contributed by atoms with van der Waals surface area (Å²) in [5, 5.41) is 7.30. The number of thioether (sulfide) groups is 1. The summed E-state index contributed by atoms with van der Waals surface area (Å²) in [5.41, 5.74) is 5.04. The zero-order valence-electron chi connectivity index (χ0n) is 56.7. The van der Waals surface area contributed by atoms with Crippen LogP contribution in [0.15, 0.2) is 165 Å². The Labute approximate surface area is 599 Å². The standard InChI is InChI=1S/C57H66ClF4N6O11PS4.C15H22N2/c1-38(2)68-39(3)55(82(4,73)74)53(54(68)40-11-13-43(58)14-12-40)42-33-44(59)35-48(34-42)67-29-27-66(28-30-67)47-17-15-45(16-18-47)64-84(77,78)50-19-20-51(52(36-50)83(75,76)57(60,61)62)63-46(37-81-49-9-6-5-7-10-49)23-26-65-24-21-41(22-25-65)56(69)79-31-8-32-80(70,71)72;16-12-6-8-13(9-7-12)17-15-10-14(15)11-4-2-1-3-5-11/h5-7,9-20,33-36,38,41,46,63-64H,8,21-32,37H2,1-4H3,(H2,70,71,72);1-5,12-15,17H,6-10,16H2. The summed E-state index contributed by atoms with van der Waals surface area (Å²) >= 11 is 7.63. The number of hydrogen-bond acceptors (Lipinski definition) is 16. The molecule has 2 saturated carbocycles. The van der Waals surface area contributed by atoms with Crippen LogP contribution < -0.4 is 30.9 Å². The molecule has 2 aliphatic carbocycles. The number of ether oxygens (including phenoxy) is 1. The lowest BCUT2D eigenvalue weighted by Crippen LogP contribution is -2.46. The number of sulfone groups is 2. The predicted molar refractivity (Wildman–Crippen MR) is 392 cm³/mol. The van der Waals surface area contributed by atoms with Crippen molar-refractivity contribution in [1.29, 1.82) is 0 Å². The smallest absolute Gasteiger partial charge is 0.465 e. The van der Waals surface area contributed by atoms with Crippen LogP contribution in [-0.2, 0) is 43.8 Å². The predicted octanol–water partition coefficient (Wildman–Crippen LogP) is 13.5. The van der Waals surface area contributed by atoms with Crippen LogP contribution in [0.4, 0.5) is 40.3 Å². The molecular weight excluding hydrogens is 1420 g/mol. The van der Waals surface area contributed by atoms with Gasteiger partial charge in [-0.05, 0) is 193 Å². The van der Waals surface area contributed by atoms with Crippen molar-refractivity contribution in [2.75, 3.05) is 90.4 Å². The molecule has 3 heterocycles. The maximum atomic E-state index is 15.8. The van der Waals surface area contributed by atoms with E-state index in [0.717, 1.165) is 35.2 Å². The van der Waals surface area contributed by atoms with E-state index in [1.165, 1.54) is 73.7 Å². The van der Waals surface area contributed by atoms with Gasteiger partial charge in [-0.1, -0.05) is 72.3 Å². The first-order valence-electron chi connectivity index (χ1n) is 33.9. The Kier molecular flexibility index (Phi) is 25.3. The molecule has 2 aliphatic heterocycles. The Bertz CT molecular complexity index is 4390. The number of carbonyl (C=O) groups excluding carboxylic acids is 1. The minimum absolute atomic E-state index is 0.0139.